The van der Waals surface area contributed by atoms with Gasteiger partial charge in [0.15, 0.2) is 5.60 Å². The largest absolute Gasteiger partial charge is 0.474 e. The standard InChI is InChI=1S/C16H20O4/c1-5-7-8-9-11-16(3)14(17)13(15(18)19-4)12(20-16)10-6-2/h6-11H,5H2,1-4H3/b8-7+,10-6+,11-9+. The summed E-state index contributed by atoms with van der Waals surface area (Å²) in [6.45, 7) is 5.43. The molecule has 4 heteroatoms. The van der Waals surface area contributed by atoms with E-state index in [9.17, 15) is 9.59 Å². The van der Waals surface area contributed by atoms with Crippen molar-refractivity contribution in [3.05, 3.63) is 47.8 Å². The minimum Gasteiger partial charge on any atom is -0.474 e. The summed E-state index contributed by atoms with van der Waals surface area (Å²) in [5.74, 6) is -0.820. The first-order chi connectivity index (χ1) is 9.50. The zero-order valence-electron chi connectivity index (χ0n) is 12.3. The summed E-state index contributed by atoms with van der Waals surface area (Å²) in [7, 11) is 1.24. The maximum absolute atomic E-state index is 12.4. The molecule has 0 bridgehead atoms. The zero-order chi connectivity index (χ0) is 15.2. The second-order valence-corrected chi connectivity index (χ2v) is 4.46. The van der Waals surface area contributed by atoms with E-state index in [1.54, 1.807) is 38.2 Å². The molecule has 4 nitrogen and oxygen atoms in total. The molecule has 1 aliphatic rings. The van der Waals surface area contributed by atoms with Gasteiger partial charge in [0.05, 0.1) is 7.11 Å². The molecule has 0 saturated carbocycles. The molecule has 1 unspecified atom stereocenters. The van der Waals surface area contributed by atoms with Crippen LogP contribution in [0.4, 0.5) is 0 Å². The average Bonchev–Trinajstić information content (AvgIpc) is 2.67. The SMILES string of the molecule is C/C=C/C1=C(C(=O)OC)C(=O)C(C)(/C=C/C=C/CC)O1. The van der Waals surface area contributed by atoms with E-state index in [4.69, 9.17) is 4.74 Å². The van der Waals surface area contributed by atoms with E-state index in [-0.39, 0.29) is 11.3 Å². The van der Waals surface area contributed by atoms with E-state index in [0.29, 0.717) is 0 Å². The van der Waals surface area contributed by atoms with Crippen molar-refractivity contribution < 1.29 is 19.1 Å². The number of esters is 1. The normalized spacial score (nSPS) is 23.3. The van der Waals surface area contributed by atoms with Crippen molar-refractivity contribution >= 4 is 11.8 Å². The number of carbonyl (C=O) groups excluding carboxylic acids is 2. The van der Waals surface area contributed by atoms with Gasteiger partial charge in [0, 0.05) is 0 Å². The lowest BCUT2D eigenvalue weighted by Crippen LogP contribution is -2.32. The number of ether oxygens (including phenoxy) is 2. The summed E-state index contributed by atoms with van der Waals surface area (Å²) in [6.07, 6.45) is 11.4. The highest BCUT2D eigenvalue weighted by Gasteiger charge is 2.46. The Hall–Kier alpha value is -2.10. The molecule has 0 saturated heterocycles. The Balaban J connectivity index is 3.09. The van der Waals surface area contributed by atoms with Crippen LogP contribution in [0.3, 0.4) is 0 Å². The van der Waals surface area contributed by atoms with E-state index < -0.39 is 17.4 Å². The molecule has 0 aromatic rings. The van der Waals surface area contributed by atoms with Crippen molar-refractivity contribution in [3.8, 4) is 0 Å². The Kier molecular flexibility index (Phi) is 5.50. The van der Waals surface area contributed by atoms with Gasteiger partial charge in [0.2, 0.25) is 5.78 Å². The Labute approximate surface area is 119 Å². The molecule has 0 radical (unpaired) electrons. The van der Waals surface area contributed by atoms with Gasteiger partial charge in [-0.2, -0.15) is 0 Å². The fourth-order valence-corrected chi connectivity index (χ4v) is 1.81. The fraction of sp³-hybridized carbons (Fsp3) is 0.375. The van der Waals surface area contributed by atoms with Crippen LogP contribution < -0.4 is 0 Å². The van der Waals surface area contributed by atoms with Crippen LogP contribution in [0.5, 0.6) is 0 Å². The number of rotatable bonds is 5. The van der Waals surface area contributed by atoms with Crippen molar-refractivity contribution in [1.82, 2.24) is 0 Å². The molecule has 0 fully saturated rings. The Morgan fingerprint density at radius 1 is 1.40 bits per heavy atom. The molecule has 108 valence electrons. The molecule has 1 rings (SSSR count). The lowest BCUT2D eigenvalue weighted by atomic mass is 9.96. The lowest BCUT2D eigenvalue weighted by molar-refractivity contribution is -0.138. The summed E-state index contributed by atoms with van der Waals surface area (Å²) in [5.41, 5.74) is -1.21. The molecule has 0 aromatic carbocycles. The molecule has 0 amide bonds. The maximum Gasteiger partial charge on any atom is 0.345 e. The molecule has 20 heavy (non-hydrogen) atoms. The highest BCUT2D eigenvalue weighted by atomic mass is 16.5. The summed E-state index contributed by atoms with van der Waals surface area (Å²) in [4.78, 5) is 24.1. The van der Waals surface area contributed by atoms with Crippen molar-refractivity contribution in [2.24, 2.45) is 0 Å². The van der Waals surface area contributed by atoms with Crippen molar-refractivity contribution in [2.75, 3.05) is 7.11 Å². The topological polar surface area (TPSA) is 52.6 Å². The van der Waals surface area contributed by atoms with E-state index in [1.165, 1.54) is 7.11 Å². The molecule has 0 aromatic heterocycles. The third kappa shape index (κ3) is 3.26. The molecule has 0 aliphatic carbocycles. The van der Waals surface area contributed by atoms with Gasteiger partial charge in [-0.15, -0.1) is 0 Å². The van der Waals surface area contributed by atoms with Gasteiger partial charge in [-0.3, -0.25) is 4.79 Å². The predicted molar refractivity (Wildman–Crippen MR) is 76.9 cm³/mol. The second-order valence-electron chi connectivity index (χ2n) is 4.46. The van der Waals surface area contributed by atoms with E-state index in [2.05, 4.69) is 4.74 Å². The van der Waals surface area contributed by atoms with Crippen LogP contribution in [-0.4, -0.2) is 24.5 Å². The number of hydrogen-bond donors (Lipinski definition) is 0. The Bertz CT molecular complexity index is 509. The third-order valence-corrected chi connectivity index (χ3v) is 2.85. The number of methoxy groups -OCH3 is 1. The summed E-state index contributed by atoms with van der Waals surface area (Å²) in [6, 6.07) is 0. The highest BCUT2D eigenvalue weighted by Crippen LogP contribution is 2.33. The molecule has 1 atom stereocenters. The first-order valence-electron chi connectivity index (χ1n) is 6.53. The molecule has 0 N–H and O–H groups in total. The first-order valence-corrected chi connectivity index (χ1v) is 6.53. The monoisotopic (exact) mass is 276 g/mol. The second kappa shape index (κ2) is 6.89. The molecular weight excluding hydrogens is 256 g/mol. The van der Waals surface area contributed by atoms with Crippen LogP contribution in [0.2, 0.25) is 0 Å². The number of Topliss-reactive ketones (excluding diaryl/α,β-unsaturated/α-hetero) is 1. The quantitative estimate of drug-likeness (QED) is 0.440. The van der Waals surface area contributed by atoms with Crippen LogP contribution in [-0.2, 0) is 19.1 Å². The van der Waals surface area contributed by atoms with Crippen molar-refractivity contribution in [2.45, 2.75) is 32.8 Å². The van der Waals surface area contributed by atoms with Crippen LogP contribution in [0.15, 0.2) is 47.8 Å². The minimum absolute atomic E-state index is 0.0442. The molecule has 0 spiro atoms. The van der Waals surface area contributed by atoms with Gasteiger partial charge in [-0.1, -0.05) is 31.2 Å². The summed E-state index contributed by atoms with van der Waals surface area (Å²) >= 11 is 0. The first kappa shape index (κ1) is 16.0. The number of ketones is 1. The van der Waals surface area contributed by atoms with E-state index in [0.717, 1.165) is 6.42 Å². The van der Waals surface area contributed by atoms with E-state index >= 15 is 0 Å². The van der Waals surface area contributed by atoms with Crippen LogP contribution in [0.25, 0.3) is 0 Å². The third-order valence-electron chi connectivity index (χ3n) is 2.85. The molecule has 1 aliphatic heterocycles. The van der Waals surface area contributed by atoms with Crippen LogP contribution >= 0.6 is 0 Å². The zero-order valence-corrected chi connectivity index (χ0v) is 12.3. The minimum atomic E-state index is -1.17. The molecule has 1 heterocycles. The lowest BCUT2D eigenvalue weighted by Gasteiger charge is -2.18. The average molecular weight is 276 g/mol. The summed E-state index contributed by atoms with van der Waals surface area (Å²) < 4.78 is 10.3. The summed E-state index contributed by atoms with van der Waals surface area (Å²) in [5, 5.41) is 0. The van der Waals surface area contributed by atoms with Gasteiger partial charge < -0.3 is 9.47 Å². The molecular formula is C16H20O4. The highest BCUT2D eigenvalue weighted by molar-refractivity contribution is 6.23. The van der Waals surface area contributed by atoms with Gasteiger partial charge >= 0.3 is 5.97 Å². The Morgan fingerprint density at radius 3 is 2.65 bits per heavy atom. The van der Waals surface area contributed by atoms with Crippen molar-refractivity contribution in [1.29, 1.82) is 0 Å². The van der Waals surface area contributed by atoms with E-state index in [1.807, 2.05) is 19.1 Å². The number of allylic oxidation sites excluding steroid dienone is 5. The van der Waals surface area contributed by atoms with Gasteiger partial charge in [0.25, 0.3) is 0 Å². The number of carbonyl (C=O) groups is 2. The van der Waals surface area contributed by atoms with Crippen LogP contribution in [0.1, 0.15) is 27.2 Å². The predicted octanol–water partition coefficient (Wildman–Crippen LogP) is 2.87. The van der Waals surface area contributed by atoms with Gasteiger partial charge in [0.1, 0.15) is 11.3 Å². The smallest absolute Gasteiger partial charge is 0.345 e. The van der Waals surface area contributed by atoms with Gasteiger partial charge in [-0.25, -0.2) is 4.79 Å². The Morgan fingerprint density at radius 2 is 2.10 bits per heavy atom. The van der Waals surface area contributed by atoms with Crippen molar-refractivity contribution in [3.63, 3.8) is 0 Å². The van der Waals surface area contributed by atoms with Crippen LogP contribution in [0, 0.1) is 0 Å². The maximum atomic E-state index is 12.4. The van der Waals surface area contributed by atoms with Gasteiger partial charge in [-0.05, 0) is 32.4 Å². The number of hydrogen-bond acceptors (Lipinski definition) is 4. The fourth-order valence-electron chi connectivity index (χ4n) is 1.81.